The number of aliphatic imine (C=N–C) groups is 1. The van der Waals surface area contributed by atoms with Crippen molar-refractivity contribution < 1.29 is 0 Å². The van der Waals surface area contributed by atoms with Crippen molar-refractivity contribution in [1.29, 1.82) is 0 Å². The molecule has 2 nitrogen and oxygen atoms in total. The van der Waals surface area contributed by atoms with Crippen LogP contribution in [0.15, 0.2) is 35.3 Å². The van der Waals surface area contributed by atoms with Crippen LogP contribution in [0, 0.1) is 5.92 Å². The van der Waals surface area contributed by atoms with Gasteiger partial charge in [0.2, 0.25) is 0 Å². The molecule has 0 aliphatic rings. The lowest BCUT2D eigenvalue weighted by Gasteiger charge is -2.03. The Labute approximate surface area is 98.6 Å². The molecule has 0 saturated heterocycles. The van der Waals surface area contributed by atoms with E-state index in [-0.39, 0.29) is 0 Å². The van der Waals surface area contributed by atoms with Gasteiger partial charge in [-0.05, 0) is 12.3 Å². The van der Waals surface area contributed by atoms with Crippen LogP contribution in [0.1, 0.15) is 38.7 Å². The van der Waals surface area contributed by atoms with Gasteiger partial charge in [-0.3, -0.25) is 4.99 Å². The molecular formula is C14H22N2. The lowest BCUT2D eigenvalue weighted by Crippen LogP contribution is -2.13. The minimum atomic E-state index is 0.658. The van der Waals surface area contributed by atoms with E-state index in [1.807, 2.05) is 30.3 Å². The lowest BCUT2D eigenvalue weighted by atomic mass is 10.1. The summed E-state index contributed by atoms with van der Waals surface area (Å²) >= 11 is 0. The van der Waals surface area contributed by atoms with Crippen LogP contribution in [-0.2, 0) is 0 Å². The fourth-order valence-corrected chi connectivity index (χ4v) is 1.56. The number of amidine groups is 1. The van der Waals surface area contributed by atoms with E-state index < -0.39 is 0 Å². The highest BCUT2D eigenvalue weighted by Gasteiger charge is 1.96. The van der Waals surface area contributed by atoms with Gasteiger partial charge in [-0.15, -0.1) is 0 Å². The Balaban J connectivity index is 2.29. The Morgan fingerprint density at radius 3 is 2.50 bits per heavy atom. The van der Waals surface area contributed by atoms with Gasteiger partial charge in [0.05, 0.1) is 0 Å². The van der Waals surface area contributed by atoms with Gasteiger partial charge in [0, 0.05) is 12.1 Å². The number of hydrogen-bond acceptors (Lipinski definition) is 1. The first-order valence-electron chi connectivity index (χ1n) is 6.05. The maximum Gasteiger partial charge on any atom is 0.125 e. The van der Waals surface area contributed by atoms with Crippen molar-refractivity contribution in [2.45, 2.75) is 33.1 Å². The topological polar surface area (TPSA) is 38.4 Å². The van der Waals surface area contributed by atoms with Crippen molar-refractivity contribution in [1.82, 2.24) is 0 Å². The highest BCUT2D eigenvalue weighted by Crippen LogP contribution is 2.06. The molecule has 1 aromatic carbocycles. The van der Waals surface area contributed by atoms with Gasteiger partial charge < -0.3 is 5.73 Å². The second kappa shape index (κ2) is 7.04. The molecule has 0 amide bonds. The number of nitrogens with zero attached hydrogens (tertiary/aromatic N) is 1. The van der Waals surface area contributed by atoms with Crippen LogP contribution in [0.3, 0.4) is 0 Å². The SMILES string of the molecule is CC(C)CCCCN=C(N)c1ccccc1. The second-order valence-corrected chi connectivity index (χ2v) is 4.52. The van der Waals surface area contributed by atoms with Crippen molar-refractivity contribution in [3.8, 4) is 0 Å². The number of benzene rings is 1. The van der Waals surface area contributed by atoms with Gasteiger partial charge >= 0.3 is 0 Å². The van der Waals surface area contributed by atoms with Crippen molar-refractivity contribution in [3.63, 3.8) is 0 Å². The quantitative estimate of drug-likeness (QED) is 0.444. The molecule has 0 bridgehead atoms. The average Bonchev–Trinajstić information content (AvgIpc) is 2.29. The predicted octanol–water partition coefficient (Wildman–Crippen LogP) is 3.22. The Bertz CT molecular complexity index is 315. The van der Waals surface area contributed by atoms with E-state index in [0.29, 0.717) is 5.84 Å². The molecule has 0 atom stereocenters. The Morgan fingerprint density at radius 1 is 1.19 bits per heavy atom. The van der Waals surface area contributed by atoms with Crippen LogP contribution in [0.2, 0.25) is 0 Å². The zero-order chi connectivity index (χ0) is 11.8. The van der Waals surface area contributed by atoms with Crippen molar-refractivity contribution in [3.05, 3.63) is 35.9 Å². The predicted molar refractivity (Wildman–Crippen MR) is 70.7 cm³/mol. The number of unbranched alkanes of at least 4 members (excludes halogenated alkanes) is 1. The standard InChI is InChI=1S/C14H22N2/c1-12(2)8-6-7-11-16-14(15)13-9-4-3-5-10-13/h3-5,9-10,12H,6-8,11H2,1-2H3,(H2,15,16). The van der Waals surface area contributed by atoms with E-state index in [1.165, 1.54) is 12.8 Å². The van der Waals surface area contributed by atoms with Gasteiger partial charge in [0.1, 0.15) is 5.84 Å². The summed E-state index contributed by atoms with van der Waals surface area (Å²) in [6.07, 6.45) is 3.65. The Kier molecular flexibility index (Phi) is 5.62. The third kappa shape index (κ3) is 4.96. The first kappa shape index (κ1) is 12.8. The molecule has 1 rings (SSSR count). The van der Waals surface area contributed by atoms with E-state index >= 15 is 0 Å². The third-order valence-corrected chi connectivity index (χ3v) is 2.54. The Morgan fingerprint density at radius 2 is 1.88 bits per heavy atom. The molecular weight excluding hydrogens is 196 g/mol. The van der Waals surface area contributed by atoms with E-state index in [9.17, 15) is 0 Å². The molecule has 0 radical (unpaired) electrons. The normalized spacial score (nSPS) is 12.1. The molecule has 1 aromatic rings. The molecule has 16 heavy (non-hydrogen) atoms. The molecule has 0 fully saturated rings. The summed E-state index contributed by atoms with van der Waals surface area (Å²) in [6, 6.07) is 9.94. The maximum absolute atomic E-state index is 5.89. The summed E-state index contributed by atoms with van der Waals surface area (Å²) in [5.74, 6) is 1.44. The summed E-state index contributed by atoms with van der Waals surface area (Å²) < 4.78 is 0. The van der Waals surface area contributed by atoms with Crippen LogP contribution in [-0.4, -0.2) is 12.4 Å². The molecule has 0 aliphatic heterocycles. The zero-order valence-corrected chi connectivity index (χ0v) is 10.3. The Hall–Kier alpha value is -1.31. The first-order valence-corrected chi connectivity index (χ1v) is 6.05. The highest BCUT2D eigenvalue weighted by atomic mass is 14.8. The van der Waals surface area contributed by atoms with Crippen molar-refractivity contribution in [2.24, 2.45) is 16.6 Å². The maximum atomic E-state index is 5.89. The van der Waals surface area contributed by atoms with Crippen LogP contribution in [0.25, 0.3) is 0 Å². The van der Waals surface area contributed by atoms with Gasteiger partial charge in [-0.2, -0.15) is 0 Å². The summed E-state index contributed by atoms with van der Waals surface area (Å²) in [7, 11) is 0. The average molecular weight is 218 g/mol. The van der Waals surface area contributed by atoms with Gasteiger partial charge in [0.15, 0.2) is 0 Å². The lowest BCUT2D eigenvalue weighted by molar-refractivity contribution is 0.542. The highest BCUT2D eigenvalue weighted by molar-refractivity contribution is 5.97. The van der Waals surface area contributed by atoms with E-state index in [4.69, 9.17) is 5.73 Å². The minimum Gasteiger partial charge on any atom is -0.384 e. The zero-order valence-electron chi connectivity index (χ0n) is 10.3. The largest absolute Gasteiger partial charge is 0.384 e. The van der Waals surface area contributed by atoms with E-state index in [2.05, 4.69) is 18.8 Å². The second-order valence-electron chi connectivity index (χ2n) is 4.52. The fourth-order valence-electron chi connectivity index (χ4n) is 1.56. The molecule has 0 aliphatic carbocycles. The molecule has 0 spiro atoms. The van der Waals surface area contributed by atoms with E-state index in [1.54, 1.807) is 0 Å². The molecule has 88 valence electrons. The third-order valence-electron chi connectivity index (χ3n) is 2.54. The molecule has 0 aromatic heterocycles. The van der Waals surface area contributed by atoms with Crippen LogP contribution < -0.4 is 5.73 Å². The summed E-state index contributed by atoms with van der Waals surface area (Å²) in [4.78, 5) is 4.39. The number of hydrogen-bond donors (Lipinski definition) is 1. The monoisotopic (exact) mass is 218 g/mol. The van der Waals surface area contributed by atoms with Crippen molar-refractivity contribution >= 4 is 5.84 Å². The number of rotatable bonds is 6. The van der Waals surface area contributed by atoms with E-state index in [0.717, 1.165) is 24.4 Å². The first-order chi connectivity index (χ1) is 7.70. The summed E-state index contributed by atoms with van der Waals surface area (Å²) in [5, 5.41) is 0. The smallest absolute Gasteiger partial charge is 0.125 e. The van der Waals surface area contributed by atoms with Crippen LogP contribution >= 0.6 is 0 Å². The minimum absolute atomic E-state index is 0.658. The van der Waals surface area contributed by atoms with Gasteiger partial charge in [-0.1, -0.05) is 57.0 Å². The van der Waals surface area contributed by atoms with Gasteiger partial charge in [0.25, 0.3) is 0 Å². The molecule has 0 saturated carbocycles. The van der Waals surface area contributed by atoms with Crippen LogP contribution in [0.4, 0.5) is 0 Å². The summed E-state index contributed by atoms with van der Waals surface area (Å²) in [5.41, 5.74) is 6.91. The van der Waals surface area contributed by atoms with Crippen molar-refractivity contribution in [2.75, 3.05) is 6.54 Å². The summed E-state index contributed by atoms with van der Waals surface area (Å²) in [6.45, 7) is 5.34. The molecule has 2 N–H and O–H groups in total. The molecule has 0 heterocycles. The molecule has 0 unspecified atom stereocenters. The fraction of sp³-hybridized carbons (Fsp3) is 0.500. The number of nitrogens with two attached hydrogens (primary N) is 1. The van der Waals surface area contributed by atoms with Crippen LogP contribution in [0.5, 0.6) is 0 Å². The molecule has 2 heteroatoms. The van der Waals surface area contributed by atoms with Gasteiger partial charge in [-0.25, -0.2) is 0 Å².